The molecule has 0 bridgehead atoms. The van der Waals surface area contributed by atoms with Crippen molar-refractivity contribution in [1.29, 1.82) is 0 Å². The summed E-state index contributed by atoms with van der Waals surface area (Å²) in [5, 5.41) is 10.9. The number of rotatable bonds is 2. The number of nitrogen functional groups attached to an aromatic ring is 2. The first-order valence-electron chi connectivity index (χ1n) is 4.98. The number of nitrogens with zero attached hydrogens (tertiary/aromatic N) is 1. The fourth-order valence-electron chi connectivity index (χ4n) is 1.69. The molecule has 0 atom stereocenters. The van der Waals surface area contributed by atoms with Crippen LogP contribution in [0.3, 0.4) is 0 Å². The summed E-state index contributed by atoms with van der Waals surface area (Å²) in [4.78, 5) is 10.5. The minimum atomic E-state index is -0.425. The van der Waals surface area contributed by atoms with E-state index in [1.807, 2.05) is 0 Å². The Morgan fingerprint density at radius 3 is 2.28 bits per heavy atom. The van der Waals surface area contributed by atoms with Crippen molar-refractivity contribution in [3.05, 3.63) is 52.6 Å². The molecule has 0 amide bonds. The maximum Gasteiger partial charge on any atom is 0.277 e. The largest absolute Gasteiger partial charge is 0.399 e. The first-order chi connectivity index (χ1) is 8.09. The SMILES string of the molecule is Cl.Nc1ccc(-c2ccccc2[N+](=O)[O-])c(N)c1. The summed E-state index contributed by atoms with van der Waals surface area (Å²) in [5.74, 6) is 0. The molecule has 0 spiro atoms. The van der Waals surface area contributed by atoms with Crippen molar-refractivity contribution >= 4 is 29.5 Å². The van der Waals surface area contributed by atoms with E-state index in [9.17, 15) is 10.1 Å². The molecule has 2 aromatic rings. The Hall–Kier alpha value is -2.27. The van der Waals surface area contributed by atoms with Crippen molar-refractivity contribution in [2.24, 2.45) is 0 Å². The van der Waals surface area contributed by atoms with Crippen LogP contribution in [0.4, 0.5) is 17.1 Å². The summed E-state index contributed by atoms with van der Waals surface area (Å²) < 4.78 is 0. The van der Waals surface area contributed by atoms with Gasteiger partial charge < -0.3 is 11.5 Å². The van der Waals surface area contributed by atoms with Crippen molar-refractivity contribution in [1.82, 2.24) is 0 Å². The molecule has 5 nitrogen and oxygen atoms in total. The van der Waals surface area contributed by atoms with E-state index in [0.29, 0.717) is 22.5 Å². The van der Waals surface area contributed by atoms with Gasteiger partial charge in [0.05, 0.1) is 10.5 Å². The lowest BCUT2D eigenvalue weighted by Crippen LogP contribution is -1.96. The lowest BCUT2D eigenvalue weighted by molar-refractivity contribution is -0.384. The van der Waals surface area contributed by atoms with Crippen molar-refractivity contribution in [2.75, 3.05) is 11.5 Å². The molecule has 0 saturated carbocycles. The minimum Gasteiger partial charge on any atom is -0.399 e. The van der Waals surface area contributed by atoms with Crippen LogP contribution in [-0.2, 0) is 0 Å². The van der Waals surface area contributed by atoms with Gasteiger partial charge >= 0.3 is 0 Å². The zero-order valence-corrected chi connectivity index (χ0v) is 10.2. The Balaban J connectivity index is 0.00000162. The van der Waals surface area contributed by atoms with Gasteiger partial charge in [0, 0.05) is 23.0 Å². The zero-order valence-electron chi connectivity index (χ0n) is 9.37. The minimum absolute atomic E-state index is 0. The first-order valence-corrected chi connectivity index (χ1v) is 4.98. The molecule has 0 aromatic heterocycles. The second kappa shape index (κ2) is 5.37. The Kier molecular flexibility index (Phi) is 4.12. The predicted molar refractivity (Wildman–Crippen MR) is 74.6 cm³/mol. The molecular formula is C12H12ClN3O2. The van der Waals surface area contributed by atoms with E-state index in [0.717, 1.165) is 0 Å². The van der Waals surface area contributed by atoms with Crippen LogP contribution in [0.25, 0.3) is 11.1 Å². The van der Waals surface area contributed by atoms with Crippen LogP contribution in [0, 0.1) is 10.1 Å². The normalized spacial score (nSPS) is 9.56. The average molecular weight is 266 g/mol. The number of nitrogens with two attached hydrogens (primary N) is 2. The summed E-state index contributed by atoms with van der Waals surface area (Å²) in [5.41, 5.74) is 13.5. The fourth-order valence-corrected chi connectivity index (χ4v) is 1.69. The van der Waals surface area contributed by atoms with Gasteiger partial charge in [-0.3, -0.25) is 10.1 Å². The second-order valence-electron chi connectivity index (χ2n) is 3.62. The van der Waals surface area contributed by atoms with Crippen LogP contribution in [0.15, 0.2) is 42.5 Å². The van der Waals surface area contributed by atoms with Gasteiger partial charge in [-0.2, -0.15) is 0 Å². The van der Waals surface area contributed by atoms with Gasteiger partial charge in [0.15, 0.2) is 0 Å². The highest BCUT2D eigenvalue weighted by molar-refractivity contribution is 5.85. The molecular weight excluding hydrogens is 254 g/mol. The molecule has 0 aliphatic carbocycles. The predicted octanol–water partition coefficient (Wildman–Crippen LogP) is 2.85. The number of hydrogen-bond donors (Lipinski definition) is 2. The van der Waals surface area contributed by atoms with Gasteiger partial charge in [-0.15, -0.1) is 12.4 Å². The molecule has 2 rings (SSSR count). The van der Waals surface area contributed by atoms with E-state index in [2.05, 4.69) is 0 Å². The fraction of sp³-hybridized carbons (Fsp3) is 0. The van der Waals surface area contributed by atoms with Crippen LogP contribution >= 0.6 is 12.4 Å². The summed E-state index contributed by atoms with van der Waals surface area (Å²) in [6.45, 7) is 0. The molecule has 2 aromatic carbocycles. The molecule has 4 N–H and O–H groups in total. The molecule has 94 valence electrons. The highest BCUT2D eigenvalue weighted by Gasteiger charge is 2.15. The number of nitro groups is 1. The van der Waals surface area contributed by atoms with Crippen LogP contribution in [-0.4, -0.2) is 4.92 Å². The Labute approximate surface area is 110 Å². The molecule has 0 heterocycles. The number of anilines is 2. The maximum absolute atomic E-state index is 10.9. The summed E-state index contributed by atoms with van der Waals surface area (Å²) in [6.07, 6.45) is 0. The number of para-hydroxylation sites is 1. The summed E-state index contributed by atoms with van der Waals surface area (Å²) in [7, 11) is 0. The second-order valence-corrected chi connectivity index (χ2v) is 3.62. The van der Waals surface area contributed by atoms with E-state index in [-0.39, 0.29) is 18.1 Å². The summed E-state index contributed by atoms with van der Waals surface area (Å²) >= 11 is 0. The van der Waals surface area contributed by atoms with Gasteiger partial charge in [0.1, 0.15) is 0 Å². The lowest BCUT2D eigenvalue weighted by atomic mass is 10.0. The third-order valence-corrected chi connectivity index (χ3v) is 2.47. The molecule has 0 saturated heterocycles. The third-order valence-electron chi connectivity index (χ3n) is 2.47. The average Bonchev–Trinajstić information content (AvgIpc) is 2.29. The van der Waals surface area contributed by atoms with E-state index in [1.165, 1.54) is 6.07 Å². The Bertz CT molecular complexity index is 587. The maximum atomic E-state index is 10.9. The van der Waals surface area contributed by atoms with Gasteiger partial charge in [0.25, 0.3) is 5.69 Å². The molecule has 0 aliphatic heterocycles. The van der Waals surface area contributed by atoms with Crippen LogP contribution < -0.4 is 11.5 Å². The molecule has 6 heteroatoms. The van der Waals surface area contributed by atoms with E-state index in [1.54, 1.807) is 36.4 Å². The highest BCUT2D eigenvalue weighted by atomic mass is 35.5. The summed E-state index contributed by atoms with van der Waals surface area (Å²) in [6, 6.07) is 11.4. The Morgan fingerprint density at radius 2 is 1.67 bits per heavy atom. The van der Waals surface area contributed by atoms with Gasteiger partial charge in [0.2, 0.25) is 0 Å². The van der Waals surface area contributed by atoms with Crippen molar-refractivity contribution in [3.8, 4) is 11.1 Å². The number of benzene rings is 2. The van der Waals surface area contributed by atoms with Crippen LogP contribution in [0.2, 0.25) is 0 Å². The van der Waals surface area contributed by atoms with E-state index < -0.39 is 4.92 Å². The van der Waals surface area contributed by atoms with Crippen LogP contribution in [0.5, 0.6) is 0 Å². The molecule has 18 heavy (non-hydrogen) atoms. The first kappa shape index (κ1) is 13.8. The zero-order chi connectivity index (χ0) is 12.4. The molecule has 0 fully saturated rings. The topological polar surface area (TPSA) is 95.2 Å². The molecule has 0 unspecified atom stereocenters. The van der Waals surface area contributed by atoms with Crippen molar-refractivity contribution in [3.63, 3.8) is 0 Å². The molecule has 0 aliphatic rings. The van der Waals surface area contributed by atoms with Gasteiger partial charge in [-0.1, -0.05) is 18.2 Å². The number of nitro benzene ring substituents is 1. The monoisotopic (exact) mass is 265 g/mol. The van der Waals surface area contributed by atoms with Gasteiger partial charge in [-0.25, -0.2) is 0 Å². The van der Waals surface area contributed by atoms with Crippen molar-refractivity contribution in [2.45, 2.75) is 0 Å². The lowest BCUT2D eigenvalue weighted by Gasteiger charge is -2.07. The van der Waals surface area contributed by atoms with E-state index >= 15 is 0 Å². The molecule has 0 radical (unpaired) electrons. The highest BCUT2D eigenvalue weighted by Crippen LogP contribution is 2.34. The Morgan fingerprint density at radius 1 is 1.00 bits per heavy atom. The smallest absolute Gasteiger partial charge is 0.277 e. The third kappa shape index (κ3) is 2.52. The van der Waals surface area contributed by atoms with Crippen LogP contribution in [0.1, 0.15) is 0 Å². The number of hydrogen-bond acceptors (Lipinski definition) is 4. The van der Waals surface area contributed by atoms with Gasteiger partial charge in [-0.05, 0) is 18.2 Å². The van der Waals surface area contributed by atoms with E-state index in [4.69, 9.17) is 11.5 Å². The quantitative estimate of drug-likeness (QED) is 0.496. The number of halogens is 1. The van der Waals surface area contributed by atoms with Crippen molar-refractivity contribution < 1.29 is 4.92 Å². The standard InChI is InChI=1S/C12H11N3O2.ClH/c13-8-5-6-9(11(14)7-8)10-3-1-2-4-12(10)15(16)17;/h1-7H,13-14H2;1H.